The molecule has 3 aromatic carbocycles. The van der Waals surface area contributed by atoms with Gasteiger partial charge < -0.3 is 0 Å². The molecule has 3 nitrogen and oxygen atoms in total. The first kappa shape index (κ1) is 19.4. The molecule has 0 spiro atoms. The van der Waals surface area contributed by atoms with Crippen molar-refractivity contribution in [2.24, 2.45) is 0 Å². The van der Waals surface area contributed by atoms with Gasteiger partial charge in [0.1, 0.15) is 5.82 Å². The zero-order valence-electron chi connectivity index (χ0n) is 15.4. The first-order valence-electron chi connectivity index (χ1n) is 8.84. The van der Waals surface area contributed by atoms with Gasteiger partial charge in [0, 0.05) is 9.92 Å². The fraction of sp³-hybridized carbons (Fsp3) is 0.0435. The number of carbonyl (C=O) groups excluding carboxylic acids is 2. The second-order valence-corrected chi connectivity index (χ2v) is 8.00. The van der Waals surface area contributed by atoms with Gasteiger partial charge in [-0.15, -0.1) is 0 Å². The SMILES string of the molecule is Cc1ccc(N2C(=O)C(Sc3ccccc3)=C(c3ccc(F)cc3)C2=O)cc1Cl. The van der Waals surface area contributed by atoms with Crippen LogP contribution in [0, 0.1) is 12.7 Å². The minimum atomic E-state index is -0.458. The highest BCUT2D eigenvalue weighted by atomic mass is 35.5. The Morgan fingerprint density at radius 1 is 0.897 bits per heavy atom. The van der Waals surface area contributed by atoms with Crippen LogP contribution in [-0.2, 0) is 9.59 Å². The number of rotatable bonds is 4. The molecular weight excluding hydrogens is 409 g/mol. The summed E-state index contributed by atoms with van der Waals surface area (Å²) < 4.78 is 13.4. The maximum atomic E-state index is 13.4. The van der Waals surface area contributed by atoms with E-state index in [4.69, 9.17) is 11.6 Å². The summed E-state index contributed by atoms with van der Waals surface area (Å²) in [7, 11) is 0. The average Bonchev–Trinajstić information content (AvgIpc) is 2.95. The van der Waals surface area contributed by atoms with Crippen molar-refractivity contribution in [1.29, 1.82) is 0 Å². The van der Waals surface area contributed by atoms with Crippen LogP contribution in [0.1, 0.15) is 11.1 Å². The number of carbonyl (C=O) groups is 2. The number of aryl methyl sites for hydroxylation is 1. The van der Waals surface area contributed by atoms with Crippen LogP contribution in [-0.4, -0.2) is 11.8 Å². The van der Waals surface area contributed by atoms with E-state index < -0.39 is 17.6 Å². The molecule has 1 heterocycles. The predicted octanol–water partition coefficient (Wildman–Crippen LogP) is 5.86. The van der Waals surface area contributed by atoms with Gasteiger partial charge >= 0.3 is 0 Å². The van der Waals surface area contributed by atoms with Gasteiger partial charge in [-0.1, -0.05) is 59.8 Å². The van der Waals surface area contributed by atoms with Crippen LogP contribution < -0.4 is 4.90 Å². The molecule has 0 aromatic heterocycles. The summed E-state index contributed by atoms with van der Waals surface area (Å²) in [5.41, 5.74) is 1.99. The number of imide groups is 1. The Bertz CT molecular complexity index is 1140. The third-order valence-electron chi connectivity index (χ3n) is 4.55. The molecule has 0 fully saturated rings. The molecule has 144 valence electrons. The lowest BCUT2D eigenvalue weighted by atomic mass is 10.1. The van der Waals surface area contributed by atoms with Crippen molar-refractivity contribution >= 4 is 46.4 Å². The molecule has 29 heavy (non-hydrogen) atoms. The van der Waals surface area contributed by atoms with Gasteiger partial charge in [-0.2, -0.15) is 0 Å². The number of nitrogens with zero attached hydrogens (tertiary/aromatic N) is 1. The number of halogens is 2. The third kappa shape index (κ3) is 3.71. The number of benzene rings is 3. The maximum Gasteiger partial charge on any atom is 0.272 e. The van der Waals surface area contributed by atoms with Crippen molar-refractivity contribution in [2.45, 2.75) is 11.8 Å². The van der Waals surface area contributed by atoms with Gasteiger partial charge in [-0.25, -0.2) is 9.29 Å². The summed E-state index contributed by atoms with van der Waals surface area (Å²) in [6, 6.07) is 19.9. The van der Waals surface area contributed by atoms with Gasteiger partial charge in [0.05, 0.1) is 16.2 Å². The second kappa shape index (κ2) is 7.85. The molecule has 0 aliphatic carbocycles. The van der Waals surface area contributed by atoms with Crippen molar-refractivity contribution in [1.82, 2.24) is 0 Å². The highest BCUT2D eigenvalue weighted by Gasteiger charge is 2.40. The lowest BCUT2D eigenvalue weighted by Crippen LogP contribution is -2.31. The first-order chi connectivity index (χ1) is 14.0. The van der Waals surface area contributed by atoms with E-state index in [0.29, 0.717) is 21.2 Å². The minimum absolute atomic E-state index is 0.251. The molecule has 0 N–H and O–H groups in total. The second-order valence-electron chi connectivity index (χ2n) is 6.51. The number of thioether (sulfide) groups is 1. The monoisotopic (exact) mass is 423 g/mol. The normalized spacial score (nSPS) is 14.1. The molecule has 2 amide bonds. The van der Waals surface area contributed by atoms with Crippen LogP contribution in [0.15, 0.2) is 82.6 Å². The summed E-state index contributed by atoms with van der Waals surface area (Å²) in [6.45, 7) is 1.85. The average molecular weight is 424 g/mol. The van der Waals surface area contributed by atoms with Crippen molar-refractivity contribution in [3.8, 4) is 0 Å². The van der Waals surface area contributed by atoms with E-state index in [1.807, 2.05) is 37.3 Å². The van der Waals surface area contributed by atoms with Gasteiger partial charge in [0.2, 0.25) is 0 Å². The maximum absolute atomic E-state index is 13.4. The van der Waals surface area contributed by atoms with Crippen molar-refractivity contribution in [3.05, 3.63) is 99.7 Å². The third-order valence-corrected chi connectivity index (χ3v) is 6.05. The van der Waals surface area contributed by atoms with E-state index in [0.717, 1.165) is 15.4 Å². The van der Waals surface area contributed by atoms with E-state index >= 15 is 0 Å². The highest BCUT2D eigenvalue weighted by Crippen LogP contribution is 2.41. The summed E-state index contributed by atoms with van der Waals surface area (Å²) >= 11 is 7.43. The van der Waals surface area contributed by atoms with Gasteiger partial charge in [0.25, 0.3) is 11.8 Å². The molecule has 1 aliphatic heterocycles. The van der Waals surface area contributed by atoms with E-state index in [2.05, 4.69) is 0 Å². The van der Waals surface area contributed by atoms with Crippen molar-refractivity contribution in [2.75, 3.05) is 4.90 Å². The Morgan fingerprint density at radius 3 is 2.24 bits per heavy atom. The van der Waals surface area contributed by atoms with Crippen molar-refractivity contribution in [3.63, 3.8) is 0 Å². The van der Waals surface area contributed by atoms with Crippen LogP contribution >= 0.6 is 23.4 Å². The van der Waals surface area contributed by atoms with Gasteiger partial charge in [-0.05, 0) is 54.4 Å². The Morgan fingerprint density at radius 2 is 1.59 bits per heavy atom. The van der Waals surface area contributed by atoms with Gasteiger partial charge in [0.15, 0.2) is 0 Å². The molecule has 1 aliphatic rings. The largest absolute Gasteiger partial charge is 0.272 e. The van der Waals surface area contributed by atoms with E-state index in [1.54, 1.807) is 18.2 Å². The molecule has 0 radical (unpaired) electrons. The smallest absolute Gasteiger partial charge is 0.268 e. The first-order valence-corrected chi connectivity index (χ1v) is 10.0. The summed E-state index contributed by atoms with van der Waals surface area (Å²) in [5.74, 6) is -1.30. The highest BCUT2D eigenvalue weighted by molar-refractivity contribution is 8.04. The Labute approximate surface area is 176 Å². The number of hydrogen-bond acceptors (Lipinski definition) is 3. The molecule has 0 bridgehead atoms. The van der Waals surface area contributed by atoms with Crippen LogP contribution in [0.2, 0.25) is 5.02 Å². The van der Waals surface area contributed by atoms with E-state index in [1.165, 1.54) is 36.0 Å². The molecular formula is C23H15ClFNO2S. The molecule has 3 aromatic rings. The molecule has 6 heteroatoms. The topological polar surface area (TPSA) is 37.4 Å². The summed E-state index contributed by atoms with van der Waals surface area (Å²) in [6.07, 6.45) is 0. The fourth-order valence-corrected chi connectivity index (χ4v) is 4.23. The number of anilines is 1. The molecule has 0 unspecified atom stereocenters. The molecule has 4 rings (SSSR count). The Hall–Kier alpha value is -2.89. The summed E-state index contributed by atoms with van der Waals surface area (Å²) in [4.78, 5) is 28.8. The zero-order chi connectivity index (χ0) is 20.5. The standard InChI is InChI=1S/C23H15ClFNO2S/c1-14-7-12-17(13-19(14)24)26-22(27)20(15-8-10-16(25)11-9-15)21(23(26)28)29-18-5-3-2-4-6-18/h2-13H,1H3. The van der Waals surface area contributed by atoms with Crippen LogP contribution in [0.5, 0.6) is 0 Å². The molecule has 0 saturated carbocycles. The van der Waals surface area contributed by atoms with E-state index in [9.17, 15) is 14.0 Å². The lowest BCUT2D eigenvalue weighted by molar-refractivity contribution is -0.119. The fourth-order valence-electron chi connectivity index (χ4n) is 3.04. The van der Waals surface area contributed by atoms with Crippen LogP contribution in [0.3, 0.4) is 0 Å². The molecule has 0 saturated heterocycles. The predicted molar refractivity (Wildman–Crippen MR) is 114 cm³/mol. The quantitative estimate of drug-likeness (QED) is 0.493. The number of hydrogen-bond donors (Lipinski definition) is 0. The number of amides is 2. The van der Waals surface area contributed by atoms with Crippen LogP contribution in [0.4, 0.5) is 10.1 Å². The Kier molecular flexibility index (Phi) is 5.26. The van der Waals surface area contributed by atoms with Crippen molar-refractivity contribution < 1.29 is 14.0 Å². The lowest BCUT2D eigenvalue weighted by Gasteiger charge is -2.16. The molecule has 0 atom stereocenters. The van der Waals surface area contributed by atoms with Gasteiger partial charge in [-0.3, -0.25) is 9.59 Å². The minimum Gasteiger partial charge on any atom is -0.268 e. The van der Waals surface area contributed by atoms with E-state index in [-0.39, 0.29) is 5.57 Å². The summed E-state index contributed by atoms with van der Waals surface area (Å²) in [5, 5.41) is 0.468. The van der Waals surface area contributed by atoms with Crippen LogP contribution in [0.25, 0.3) is 5.57 Å². The zero-order valence-corrected chi connectivity index (χ0v) is 16.9. The Balaban J connectivity index is 1.83.